The molecule has 0 aromatic carbocycles. The average molecular weight is 376 g/mol. The number of ether oxygens (including phenoxy) is 2. The van der Waals surface area contributed by atoms with E-state index in [0.717, 1.165) is 0 Å². The van der Waals surface area contributed by atoms with Gasteiger partial charge in [0.25, 0.3) is 0 Å². The largest absolute Gasteiger partial charge is 0.390 e. The number of rotatable bonds is 4. The zero-order chi connectivity index (χ0) is 17.6. The number of nitrogens with zero attached hydrogens (tertiary/aromatic N) is 1. The Labute approximate surface area is 147 Å². The standard InChI is InChI=1S/C16H22ClNO5S/c1-15(2,19)5-8-24(20,21)12-9-13(17)18-14-11(12)3-6-23-16(14)4-7-22-10-16/h9,19H,3-8,10H2,1-2H3. The minimum Gasteiger partial charge on any atom is -0.390 e. The molecule has 6 nitrogen and oxygen atoms in total. The molecule has 134 valence electrons. The van der Waals surface area contributed by atoms with Crippen LogP contribution >= 0.6 is 11.6 Å². The van der Waals surface area contributed by atoms with E-state index in [4.69, 9.17) is 21.1 Å². The molecular weight excluding hydrogens is 354 g/mol. The van der Waals surface area contributed by atoms with Crippen LogP contribution in [0.25, 0.3) is 0 Å². The molecule has 1 spiro atoms. The van der Waals surface area contributed by atoms with Gasteiger partial charge in [-0.1, -0.05) is 11.6 Å². The molecule has 1 fully saturated rings. The predicted molar refractivity (Wildman–Crippen MR) is 89.0 cm³/mol. The van der Waals surface area contributed by atoms with Gasteiger partial charge in [0.1, 0.15) is 10.8 Å². The van der Waals surface area contributed by atoms with Gasteiger partial charge >= 0.3 is 0 Å². The molecule has 1 saturated heterocycles. The van der Waals surface area contributed by atoms with Crippen LogP contribution in [-0.4, -0.2) is 49.7 Å². The Hall–Kier alpha value is -0.730. The second-order valence-electron chi connectivity index (χ2n) is 7.05. The van der Waals surface area contributed by atoms with Crippen molar-refractivity contribution in [2.24, 2.45) is 0 Å². The number of pyridine rings is 1. The van der Waals surface area contributed by atoms with Gasteiger partial charge in [0.15, 0.2) is 9.84 Å². The van der Waals surface area contributed by atoms with Gasteiger partial charge in [0.05, 0.1) is 35.2 Å². The molecule has 0 saturated carbocycles. The molecule has 1 aromatic heterocycles. The van der Waals surface area contributed by atoms with Crippen molar-refractivity contribution in [2.75, 3.05) is 25.6 Å². The molecule has 8 heteroatoms. The lowest BCUT2D eigenvalue weighted by atomic mass is 9.90. The monoisotopic (exact) mass is 375 g/mol. The van der Waals surface area contributed by atoms with Crippen LogP contribution in [0.15, 0.2) is 11.0 Å². The summed E-state index contributed by atoms with van der Waals surface area (Å²) < 4.78 is 37.0. The maximum absolute atomic E-state index is 12.8. The zero-order valence-electron chi connectivity index (χ0n) is 13.8. The van der Waals surface area contributed by atoms with Gasteiger partial charge in [-0.2, -0.15) is 0 Å². The number of halogens is 1. The van der Waals surface area contributed by atoms with Crippen LogP contribution in [0, 0.1) is 0 Å². The predicted octanol–water partition coefficient (Wildman–Crippen LogP) is 1.86. The van der Waals surface area contributed by atoms with Gasteiger partial charge in [-0.15, -0.1) is 0 Å². The molecule has 2 aliphatic rings. The van der Waals surface area contributed by atoms with Crippen molar-refractivity contribution in [1.29, 1.82) is 0 Å². The maximum Gasteiger partial charge on any atom is 0.178 e. The third-order valence-corrected chi connectivity index (χ3v) is 6.49. The maximum atomic E-state index is 12.8. The molecular formula is C16H22ClNO5S. The van der Waals surface area contributed by atoms with Crippen LogP contribution in [0.2, 0.25) is 5.15 Å². The number of aliphatic hydroxyl groups is 1. The van der Waals surface area contributed by atoms with Crippen LogP contribution in [-0.2, 0) is 31.3 Å². The molecule has 3 rings (SSSR count). The number of hydrogen-bond donors (Lipinski definition) is 1. The van der Waals surface area contributed by atoms with E-state index in [-0.39, 0.29) is 22.2 Å². The molecule has 3 heterocycles. The topological polar surface area (TPSA) is 85.7 Å². The highest BCUT2D eigenvalue weighted by molar-refractivity contribution is 7.91. The summed E-state index contributed by atoms with van der Waals surface area (Å²) in [4.78, 5) is 4.58. The van der Waals surface area contributed by atoms with E-state index >= 15 is 0 Å². The first-order chi connectivity index (χ1) is 11.1. The fraction of sp³-hybridized carbons (Fsp3) is 0.688. The summed E-state index contributed by atoms with van der Waals surface area (Å²) in [5.74, 6) is -0.145. The highest BCUT2D eigenvalue weighted by Crippen LogP contribution is 2.41. The molecule has 1 aromatic rings. The minimum absolute atomic E-state index is 0.132. The molecule has 0 amide bonds. The zero-order valence-corrected chi connectivity index (χ0v) is 15.4. The first kappa shape index (κ1) is 18.1. The third kappa shape index (κ3) is 3.46. The summed E-state index contributed by atoms with van der Waals surface area (Å²) in [5.41, 5.74) is -0.487. The van der Waals surface area contributed by atoms with Gasteiger partial charge in [-0.05, 0) is 38.3 Å². The normalized spacial score (nSPS) is 24.3. The lowest BCUT2D eigenvalue weighted by molar-refractivity contribution is -0.0671. The van der Waals surface area contributed by atoms with Crippen molar-refractivity contribution in [3.8, 4) is 0 Å². The quantitative estimate of drug-likeness (QED) is 0.808. The van der Waals surface area contributed by atoms with Crippen molar-refractivity contribution in [2.45, 2.75) is 49.2 Å². The van der Waals surface area contributed by atoms with E-state index in [2.05, 4.69) is 4.98 Å². The summed E-state index contributed by atoms with van der Waals surface area (Å²) in [5, 5.41) is 9.98. The van der Waals surface area contributed by atoms with E-state index < -0.39 is 21.0 Å². The van der Waals surface area contributed by atoms with Gasteiger partial charge < -0.3 is 14.6 Å². The summed E-state index contributed by atoms with van der Waals surface area (Å²) in [6.07, 6.45) is 1.25. The highest BCUT2D eigenvalue weighted by Gasteiger charge is 2.45. The van der Waals surface area contributed by atoms with Crippen molar-refractivity contribution in [3.63, 3.8) is 0 Å². The number of fused-ring (bicyclic) bond motifs is 2. The Morgan fingerprint density at radius 1 is 1.42 bits per heavy atom. The van der Waals surface area contributed by atoms with Crippen molar-refractivity contribution in [1.82, 2.24) is 4.98 Å². The second-order valence-corrected chi connectivity index (χ2v) is 9.51. The average Bonchev–Trinajstić information content (AvgIpc) is 2.94. The fourth-order valence-corrected chi connectivity index (χ4v) is 5.28. The van der Waals surface area contributed by atoms with E-state index in [9.17, 15) is 13.5 Å². The first-order valence-electron chi connectivity index (χ1n) is 8.00. The number of sulfone groups is 1. The Kier molecular flexibility index (Phi) is 4.68. The highest BCUT2D eigenvalue weighted by atomic mass is 35.5. The van der Waals surface area contributed by atoms with Crippen LogP contribution in [0.4, 0.5) is 0 Å². The van der Waals surface area contributed by atoms with Gasteiger partial charge in [0.2, 0.25) is 0 Å². The lowest BCUT2D eigenvalue weighted by Crippen LogP contribution is -2.38. The summed E-state index contributed by atoms with van der Waals surface area (Å²) in [6.45, 7) is 4.52. The Morgan fingerprint density at radius 2 is 2.17 bits per heavy atom. The molecule has 1 unspecified atom stereocenters. The van der Waals surface area contributed by atoms with Crippen LogP contribution < -0.4 is 0 Å². The Balaban J connectivity index is 2.05. The van der Waals surface area contributed by atoms with Crippen molar-refractivity contribution < 1.29 is 23.0 Å². The fourth-order valence-electron chi connectivity index (χ4n) is 3.17. The van der Waals surface area contributed by atoms with E-state index in [0.29, 0.717) is 43.9 Å². The second kappa shape index (κ2) is 6.21. The van der Waals surface area contributed by atoms with E-state index in [1.165, 1.54) is 6.07 Å². The van der Waals surface area contributed by atoms with Crippen LogP contribution in [0.5, 0.6) is 0 Å². The first-order valence-corrected chi connectivity index (χ1v) is 10.0. The molecule has 0 aliphatic carbocycles. The summed E-state index contributed by atoms with van der Waals surface area (Å²) in [7, 11) is -3.58. The summed E-state index contributed by atoms with van der Waals surface area (Å²) >= 11 is 6.12. The number of hydrogen-bond acceptors (Lipinski definition) is 6. The minimum atomic E-state index is -3.58. The van der Waals surface area contributed by atoms with Gasteiger partial charge in [0, 0.05) is 13.0 Å². The lowest BCUT2D eigenvalue weighted by Gasteiger charge is -2.34. The summed E-state index contributed by atoms with van der Waals surface area (Å²) in [6, 6.07) is 1.41. The molecule has 0 radical (unpaired) electrons. The molecule has 1 atom stereocenters. The Morgan fingerprint density at radius 3 is 2.79 bits per heavy atom. The van der Waals surface area contributed by atoms with E-state index in [1.54, 1.807) is 13.8 Å². The third-order valence-electron chi connectivity index (χ3n) is 4.52. The van der Waals surface area contributed by atoms with Gasteiger partial charge in [-0.3, -0.25) is 0 Å². The Bertz CT molecular complexity index is 736. The van der Waals surface area contributed by atoms with Crippen LogP contribution in [0.1, 0.15) is 37.9 Å². The smallest absolute Gasteiger partial charge is 0.178 e. The van der Waals surface area contributed by atoms with Gasteiger partial charge in [-0.25, -0.2) is 13.4 Å². The molecule has 0 bridgehead atoms. The van der Waals surface area contributed by atoms with E-state index in [1.807, 2.05) is 0 Å². The van der Waals surface area contributed by atoms with Crippen LogP contribution in [0.3, 0.4) is 0 Å². The van der Waals surface area contributed by atoms with Crippen molar-refractivity contribution in [3.05, 3.63) is 22.5 Å². The molecule has 24 heavy (non-hydrogen) atoms. The number of aromatic nitrogens is 1. The SMILES string of the molecule is CC(C)(O)CCS(=O)(=O)c1cc(Cl)nc2c1CCOC21CCOC1. The van der Waals surface area contributed by atoms with Crippen molar-refractivity contribution >= 4 is 21.4 Å². The molecule has 1 N–H and O–H groups in total. The molecule has 2 aliphatic heterocycles.